The Morgan fingerprint density at radius 3 is 1.80 bits per heavy atom. The topological polar surface area (TPSA) is 61.8 Å². The first-order valence-corrected chi connectivity index (χ1v) is 9.30. The molecule has 140 valence electrons. The first-order chi connectivity index (χ1) is 12.1. The standard InChI is InChI=1S/C20H30O5/c1-3-17(21)13-23-18-9-5-15(6-10-18)16-7-11-19(12-8-16)24-14-25-20(22)4-2/h3-4,15-16,18-19H,1-2,5-14H2. The van der Waals surface area contributed by atoms with Crippen molar-refractivity contribution in [3.63, 3.8) is 0 Å². The van der Waals surface area contributed by atoms with Crippen LogP contribution < -0.4 is 0 Å². The molecule has 5 heteroatoms. The minimum absolute atomic E-state index is 0.0199. The van der Waals surface area contributed by atoms with Crippen molar-refractivity contribution >= 4 is 11.8 Å². The summed E-state index contributed by atoms with van der Waals surface area (Å²) in [7, 11) is 0. The highest BCUT2D eigenvalue weighted by atomic mass is 16.7. The number of carbonyl (C=O) groups excluding carboxylic acids is 2. The van der Waals surface area contributed by atoms with Crippen LogP contribution in [0.15, 0.2) is 25.3 Å². The zero-order valence-electron chi connectivity index (χ0n) is 15.0. The molecule has 2 aliphatic rings. The van der Waals surface area contributed by atoms with Gasteiger partial charge in [0.1, 0.15) is 6.61 Å². The summed E-state index contributed by atoms with van der Waals surface area (Å²) >= 11 is 0. The highest BCUT2D eigenvalue weighted by molar-refractivity contribution is 5.90. The Morgan fingerprint density at radius 2 is 1.32 bits per heavy atom. The van der Waals surface area contributed by atoms with Gasteiger partial charge in [0.25, 0.3) is 0 Å². The normalized spacial score (nSPS) is 29.6. The molecule has 0 heterocycles. The maximum Gasteiger partial charge on any atom is 0.332 e. The quantitative estimate of drug-likeness (QED) is 0.361. The smallest absolute Gasteiger partial charge is 0.332 e. The van der Waals surface area contributed by atoms with E-state index >= 15 is 0 Å². The van der Waals surface area contributed by atoms with E-state index in [-0.39, 0.29) is 31.4 Å². The Bertz CT molecular complexity index is 457. The van der Waals surface area contributed by atoms with Crippen molar-refractivity contribution in [2.75, 3.05) is 13.4 Å². The zero-order valence-corrected chi connectivity index (χ0v) is 15.0. The van der Waals surface area contributed by atoms with Crippen molar-refractivity contribution in [1.82, 2.24) is 0 Å². The van der Waals surface area contributed by atoms with Crippen molar-refractivity contribution < 1.29 is 23.8 Å². The van der Waals surface area contributed by atoms with Crippen LogP contribution in [-0.2, 0) is 23.8 Å². The summed E-state index contributed by atoms with van der Waals surface area (Å²) in [5.74, 6) is 1.03. The summed E-state index contributed by atoms with van der Waals surface area (Å²) < 4.78 is 16.2. The molecule has 0 aromatic heterocycles. The average Bonchev–Trinajstić information content (AvgIpc) is 2.67. The van der Waals surface area contributed by atoms with Gasteiger partial charge in [-0.25, -0.2) is 4.79 Å². The van der Waals surface area contributed by atoms with E-state index in [4.69, 9.17) is 14.2 Å². The SMILES string of the molecule is C=CC(=O)COC1CCC(C2CCC(OCOC(=O)C=C)CC2)CC1. The first kappa shape index (κ1) is 19.9. The molecule has 5 nitrogen and oxygen atoms in total. The lowest BCUT2D eigenvalue weighted by Gasteiger charge is -2.37. The second-order valence-corrected chi connectivity index (χ2v) is 7.01. The summed E-state index contributed by atoms with van der Waals surface area (Å²) in [6.07, 6.45) is 11.7. The second-order valence-electron chi connectivity index (χ2n) is 7.01. The lowest BCUT2D eigenvalue weighted by atomic mass is 9.72. The Hall–Kier alpha value is -1.46. The van der Waals surface area contributed by atoms with Gasteiger partial charge in [0.05, 0.1) is 12.2 Å². The number of ketones is 1. The summed E-state index contributed by atoms with van der Waals surface area (Å²) in [5.41, 5.74) is 0. The van der Waals surface area contributed by atoms with Crippen molar-refractivity contribution in [3.8, 4) is 0 Å². The highest BCUT2D eigenvalue weighted by Gasteiger charge is 2.31. The van der Waals surface area contributed by atoms with Crippen molar-refractivity contribution in [2.45, 2.75) is 63.6 Å². The summed E-state index contributed by atoms with van der Waals surface area (Å²) in [5, 5.41) is 0. The first-order valence-electron chi connectivity index (χ1n) is 9.30. The summed E-state index contributed by atoms with van der Waals surface area (Å²) in [6, 6.07) is 0. The van der Waals surface area contributed by atoms with Gasteiger partial charge in [0, 0.05) is 6.08 Å². The Kier molecular flexibility index (Phi) is 8.35. The lowest BCUT2D eigenvalue weighted by molar-refractivity contribution is -0.157. The van der Waals surface area contributed by atoms with Gasteiger partial charge in [-0.15, -0.1) is 0 Å². The Balaban J connectivity index is 1.60. The molecule has 0 bridgehead atoms. The minimum atomic E-state index is -0.442. The average molecular weight is 350 g/mol. The Morgan fingerprint density at radius 1 is 0.800 bits per heavy atom. The molecule has 0 atom stereocenters. The molecule has 25 heavy (non-hydrogen) atoms. The van der Waals surface area contributed by atoms with Crippen LogP contribution in [0, 0.1) is 11.8 Å². The van der Waals surface area contributed by atoms with Gasteiger partial charge in [0.2, 0.25) is 0 Å². The number of ether oxygens (including phenoxy) is 3. The van der Waals surface area contributed by atoms with Crippen molar-refractivity contribution in [1.29, 1.82) is 0 Å². The molecule has 0 aromatic carbocycles. The van der Waals surface area contributed by atoms with Crippen LogP contribution in [0.5, 0.6) is 0 Å². The molecule has 0 spiro atoms. The number of hydrogen-bond acceptors (Lipinski definition) is 5. The van der Waals surface area contributed by atoms with Gasteiger partial charge in [-0.1, -0.05) is 13.2 Å². The molecule has 2 fully saturated rings. The Labute approximate surface area is 150 Å². The van der Waals surface area contributed by atoms with E-state index in [1.807, 2.05) is 0 Å². The van der Waals surface area contributed by atoms with E-state index in [2.05, 4.69) is 13.2 Å². The fraction of sp³-hybridized carbons (Fsp3) is 0.700. The van der Waals surface area contributed by atoms with Gasteiger partial charge in [0.15, 0.2) is 12.6 Å². The lowest BCUT2D eigenvalue weighted by Crippen LogP contribution is -2.31. The van der Waals surface area contributed by atoms with E-state index in [1.54, 1.807) is 0 Å². The number of carbonyl (C=O) groups is 2. The zero-order chi connectivity index (χ0) is 18.1. The van der Waals surface area contributed by atoms with Crippen LogP contribution in [-0.4, -0.2) is 37.4 Å². The predicted molar refractivity (Wildman–Crippen MR) is 94.9 cm³/mol. The molecule has 0 aromatic rings. The van der Waals surface area contributed by atoms with Crippen LogP contribution >= 0.6 is 0 Å². The van der Waals surface area contributed by atoms with Gasteiger partial charge < -0.3 is 14.2 Å². The molecule has 0 amide bonds. The fourth-order valence-electron chi connectivity index (χ4n) is 3.96. The molecule has 0 radical (unpaired) electrons. The molecular formula is C20H30O5. The van der Waals surface area contributed by atoms with Crippen molar-refractivity contribution in [2.24, 2.45) is 11.8 Å². The highest BCUT2D eigenvalue weighted by Crippen LogP contribution is 2.39. The summed E-state index contributed by atoms with van der Waals surface area (Å²) in [6.45, 7) is 7.01. The van der Waals surface area contributed by atoms with Crippen molar-refractivity contribution in [3.05, 3.63) is 25.3 Å². The molecule has 0 saturated heterocycles. The fourth-order valence-corrected chi connectivity index (χ4v) is 3.96. The van der Waals surface area contributed by atoms with E-state index < -0.39 is 5.97 Å². The van der Waals surface area contributed by atoms with E-state index in [0.29, 0.717) is 0 Å². The molecular weight excluding hydrogens is 320 g/mol. The van der Waals surface area contributed by atoms with E-state index in [0.717, 1.165) is 43.6 Å². The molecule has 2 aliphatic carbocycles. The maximum atomic E-state index is 11.2. The molecule has 0 unspecified atom stereocenters. The minimum Gasteiger partial charge on any atom is -0.435 e. The monoisotopic (exact) mass is 350 g/mol. The van der Waals surface area contributed by atoms with E-state index in [9.17, 15) is 9.59 Å². The molecule has 2 rings (SSSR count). The van der Waals surface area contributed by atoms with Crippen LogP contribution in [0.2, 0.25) is 0 Å². The summed E-state index contributed by atoms with van der Waals surface area (Å²) in [4.78, 5) is 22.2. The van der Waals surface area contributed by atoms with Crippen LogP contribution in [0.3, 0.4) is 0 Å². The van der Waals surface area contributed by atoms with Gasteiger partial charge >= 0.3 is 5.97 Å². The van der Waals surface area contributed by atoms with E-state index in [1.165, 1.54) is 31.8 Å². The third kappa shape index (κ3) is 6.75. The van der Waals surface area contributed by atoms with Gasteiger partial charge in [-0.3, -0.25) is 4.79 Å². The second kappa shape index (κ2) is 10.5. The van der Waals surface area contributed by atoms with Crippen LogP contribution in [0.25, 0.3) is 0 Å². The number of esters is 1. The molecule has 0 aliphatic heterocycles. The number of hydrogen-bond donors (Lipinski definition) is 0. The maximum absolute atomic E-state index is 11.2. The predicted octanol–water partition coefficient (Wildman–Crippen LogP) is 3.58. The third-order valence-electron chi connectivity index (χ3n) is 5.46. The van der Waals surface area contributed by atoms with Crippen LogP contribution in [0.1, 0.15) is 51.4 Å². The molecule has 2 saturated carbocycles. The molecule has 0 N–H and O–H groups in total. The van der Waals surface area contributed by atoms with Gasteiger partial charge in [-0.05, 0) is 69.3 Å². The van der Waals surface area contributed by atoms with Gasteiger partial charge in [-0.2, -0.15) is 0 Å². The third-order valence-corrected chi connectivity index (χ3v) is 5.46. The van der Waals surface area contributed by atoms with Crippen LogP contribution in [0.4, 0.5) is 0 Å². The largest absolute Gasteiger partial charge is 0.435 e. The number of rotatable bonds is 9.